The first-order valence-corrected chi connectivity index (χ1v) is 7.19. The van der Waals surface area contributed by atoms with E-state index in [1.165, 1.54) is 0 Å². The fourth-order valence-electron chi connectivity index (χ4n) is 2.47. The monoisotopic (exact) mass is 270 g/mol. The Morgan fingerprint density at radius 2 is 1.84 bits per heavy atom. The number of hydrogen-bond donors (Lipinski definition) is 2. The van der Waals surface area contributed by atoms with Crippen molar-refractivity contribution in [2.24, 2.45) is 5.92 Å². The molecule has 0 bridgehead atoms. The van der Waals surface area contributed by atoms with Gasteiger partial charge in [0.05, 0.1) is 6.42 Å². The van der Waals surface area contributed by atoms with Crippen molar-refractivity contribution in [1.29, 1.82) is 0 Å². The van der Waals surface area contributed by atoms with Gasteiger partial charge in [-0.05, 0) is 45.4 Å². The number of carbonyl (C=O) groups excluding carboxylic acids is 1. The molecule has 1 aliphatic rings. The number of urea groups is 1. The lowest BCUT2D eigenvalue weighted by atomic mass is 9.87. The highest BCUT2D eigenvalue weighted by Gasteiger charge is 2.23. The molecule has 0 aromatic carbocycles. The number of hydrogen-bond acceptors (Lipinski definition) is 2. The van der Waals surface area contributed by atoms with E-state index in [2.05, 4.69) is 12.2 Å². The quantitative estimate of drug-likeness (QED) is 0.806. The van der Waals surface area contributed by atoms with Crippen LogP contribution < -0.4 is 5.32 Å². The minimum absolute atomic E-state index is 0.00665. The number of nitrogens with one attached hydrogen (secondary N) is 1. The molecule has 0 saturated heterocycles. The molecule has 1 saturated carbocycles. The van der Waals surface area contributed by atoms with Crippen molar-refractivity contribution in [3.63, 3.8) is 0 Å². The molecule has 19 heavy (non-hydrogen) atoms. The summed E-state index contributed by atoms with van der Waals surface area (Å²) in [5, 5.41) is 11.8. The molecule has 5 heteroatoms. The number of aliphatic carboxylic acids is 1. The first kappa shape index (κ1) is 15.8. The van der Waals surface area contributed by atoms with Gasteiger partial charge < -0.3 is 15.3 Å². The van der Waals surface area contributed by atoms with E-state index in [1.807, 2.05) is 13.8 Å². The highest BCUT2D eigenvalue weighted by molar-refractivity contribution is 5.75. The van der Waals surface area contributed by atoms with Crippen molar-refractivity contribution in [1.82, 2.24) is 10.2 Å². The van der Waals surface area contributed by atoms with Crippen LogP contribution in [0.5, 0.6) is 0 Å². The zero-order valence-electron chi connectivity index (χ0n) is 12.2. The van der Waals surface area contributed by atoms with Crippen molar-refractivity contribution >= 4 is 12.0 Å². The van der Waals surface area contributed by atoms with E-state index >= 15 is 0 Å². The van der Waals surface area contributed by atoms with Gasteiger partial charge in [-0.15, -0.1) is 0 Å². The van der Waals surface area contributed by atoms with Crippen LogP contribution in [0.1, 0.15) is 52.9 Å². The normalized spacial score (nSPS) is 23.2. The van der Waals surface area contributed by atoms with Gasteiger partial charge in [0.1, 0.15) is 0 Å². The van der Waals surface area contributed by atoms with Crippen LogP contribution in [-0.4, -0.2) is 40.6 Å². The third-order valence-corrected chi connectivity index (χ3v) is 3.79. The minimum atomic E-state index is -0.870. The van der Waals surface area contributed by atoms with E-state index in [9.17, 15) is 9.59 Å². The number of carboxylic acids is 1. The van der Waals surface area contributed by atoms with Crippen LogP contribution in [0.2, 0.25) is 0 Å². The summed E-state index contributed by atoms with van der Waals surface area (Å²) < 4.78 is 0. The number of amides is 2. The smallest absolute Gasteiger partial charge is 0.317 e. The minimum Gasteiger partial charge on any atom is -0.481 e. The number of carbonyl (C=O) groups is 2. The van der Waals surface area contributed by atoms with Gasteiger partial charge in [0.25, 0.3) is 0 Å². The SMILES string of the molecule is CC1CCC(NC(=O)N(CCC(=O)O)C(C)C)CC1. The summed E-state index contributed by atoms with van der Waals surface area (Å²) in [7, 11) is 0. The second kappa shape index (κ2) is 7.36. The maximum atomic E-state index is 12.2. The summed E-state index contributed by atoms with van der Waals surface area (Å²) >= 11 is 0. The molecule has 0 aromatic heterocycles. The van der Waals surface area contributed by atoms with E-state index in [0.29, 0.717) is 0 Å². The highest BCUT2D eigenvalue weighted by atomic mass is 16.4. The fraction of sp³-hybridized carbons (Fsp3) is 0.857. The Balaban J connectivity index is 2.45. The molecule has 2 amide bonds. The van der Waals surface area contributed by atoms with Gasteiger partial charge in [-0.1, -0.05) is 6.92 Å². The van der Waals surface area contributed by atoms with E-state index in [0.717, 1.165) is 31.6 Å². The Morgan fingerprint density at radius 3 is 2.32 bits per heavy atom. The predicted octanol–water partition coefficient (Wildman–Crippen LogP) is 2.46. The third kappa shape index (κ3) is 5.49. The first-order valence-electron chi connectivity index (χ1n) is 7.19. The molecule has 1 aliphatic carbocycles. The van der Waals surface area contributed by atoms with E-state index in [4.69, 9.17) is 5.11 Å². The highest BCUT2D eigenvalue weighted by Crippen LogP contribution is 2.23. The second-order valence-electron chi connectivity index (χ2n) is 5.84. The van der Waals surface area contributed by atoms with Crippen LogP contribution in [0.15, 0.2) is 0 Å². The molecule has 5 nitrogen and oxygen atoms in total. The fourth-order valence-corrected chi connectivity index (χ4v) is 2.47. The van der Waals surface area contributed by atoms with Gasteiger partial charge in [0.15, 0.2) is 0 Å². The van der Waals surface area contributed by atoms with E-state index < -0.39 is 5.97 Å². The first-order chi connectivity index (χ1) is 8.90. The molecule has 0 unspecified atom stereocenters. The second-order valence-corrected chi connectivity index (χ2v) is 5.84. The molecule has 2 N–H and O–H groups in total. The zero-order valence-corrected chi connectivity index (χ0v) is 12.2. The molecular formula is C14H26N2O3. The van der Waals surface area contributed by atoms with Gasteiger partial charge in [0.2, 0.25) is 0 Å². The summed E-state index contributed by atoms with van der Waals surface area (Å²) in [5.41, 5.74) is 0. The lowest BCUT2D eigenvalue weighted by Crippen LogP contribution is -2.49. The molecular weight excluding hydrogens is 244 g/mol. The maximum absolute atomic E-state index is 12.2. The Morgan fingerprint density at radius 1 is 1.26 bits per heavy atom. The summed E-state index contributed by atoms with van der Waals surface area (Å²) in [6.07, 6.45) is 4.35. The molecule has 0 spiro atoms. The van der Waals surface area contributed by atoms with Gasteiger partial charge in [-0.3, -0.25) is 4.79 Å². The average molecular weight is 270 g/mol. The Bertz CT molecular complexity index is 310. The van der Waals surface area contributed by atoms with Gasteiger partial charge >= 0.3 is 12.0 Å². The van der Waals surface area contributed by atoms with Crippen molar-refractivity contribution in [2.45, 2.75) is 65.0 Å². The molecule has 0 heterocycles. The number of nitrogens with zero attached hydrogens (tertiary/aromatic N) is 1. The molecule has 1 fully saturated rings. The lowest BCUT2D eigenvalue weighted by molar-refractivity contribution is -0.137. The van der Waals surface area contributed by atoms with Gasteiger partial charge in [0, 0.05) is 18.6 Å². The van der Waals surface area contributed by atoms with Crippen molar-refractivity contribution in [2.75, 3.05) is 6.54 Å². The van der Waals surface area contributed by atoms with Crippen molar-refractivity contribution in [3.05, 3.63) is 0 Å². The van der Waals surface area contributed by atoms with Crippen LogP contribution in [0.25, 0.3) is 0 Å². The molecule has 0 aliphatic heterocycles. The predicted molar refractivity (Wildman–Crippen MR) is 74.0 cm³/mol. The van der Waals surface area contributed by atoms with Crippen LogP contribution >= 0.6 is 0 Å². The summed E-state index contributed by atoms with van der Waals surface area (Å²) in [5.74, 6) is -0.119. The molecule has 1 rings (SSSR count). The van der Waals surface area contributed by atoms with Crippen LogP contribution in [0, 0.1) is 5.92 Å². The Kier molecular flexibility index (Phi) is 6.12. The lowest BCUT2D eigenvalue weighted by Gasteiger charge is -2.32. The van der Waals surface area contributed by atoms with Crippen LogP contribution in [-0.2, 0) is 4.79 Å². The average Bonchev–Trinajstić information content (AvgIpc) is 2.31. The molecule has 110 valence electrons. The zero-order chi connectivity index (χ0) is 14.4. The standard InChI is InChI=1S/C14H26N2O3/c1-10(2)16(9-8-13(17)18)14(19)15-12-6-4-11(3)5-7-12/h10-12H,4-9H2,1-3H3,(H,15,19)(H,17,18). The summed E-state index contributed by atoms with van der Waals surface area (Å²) in [6.45, 7) is 6.32. The van der Waals surface area contributed by atoms with Crippen molar-refractivity contribution in [3.8, 4) is 0 Å². The van der Waals surface area contributed by atoms with Crippen molar-refractivity contribution < 1.29 is 14.7 Å². The van der Waals surface area contributed by atoms with E-state index in [-0.39, 0.29) is 31.1 Å². The topological polar surface area (TPSA) is 69.6 Å². The summed E-state index contributed by atoms with van der Waals surface area (Å²) in [6, 6.07) is 0.132. The van der Waals surface area contributed by atoms with Gasteiger partial charge in [-0.25, -0.2) is 4.79 Å². The Hall–Kier alpha value is -1.26. The molecule has 0 aromatic rings. The third-order valence-electron chi connectivity index (χ3n) is 3.79. The number of carboxylic acid groups (broad SMARTS) is 1. The maximum Gasteiger partial charge on any atom is 0.317 e. The molecule has 0 atom stereocenters. The van der Waals surface area contributed by atoms with Crippen LogP contribution in [0.4, 0.5) is 4.79 Å². The van der Waals surface area contributed by atoms with E-state index in [1.54, 1.807) is 4.90 Å². The largest absolute Gasteiger partial charge is 0.481 e. The van der Waals surface area contributed by atoms with Crippen LogP contribution in [0.3, 0.4) is 0 Å². The van der Waals surface area contributed by atoms with Gasteiger partial charge in [-0.2, -0.15) is 0 Å². The molecule has 0 radical (unpaired) electrons. The Labute approximate surface area is 115 Å². The summed E-state index contributed by atoms with van der Waals surface area (Å²) in [4.78, 5) is 24.4. The number of rotatable bonds is 5.